The fraction of sp³-hybridized carbons (Fsp3) is 0.355. The van der Waals surface area contributed by atoms with E-state index >= 15 is 0 Å². The Labute approximate surface area is 242 Å². The van der Waals surface area contributed by atoms with E-state index in [4.69, 9.17) is 4.74 Å². The predicted octanol–water partition coefficient (Wildman–Crippen LogP) is 5.14. The molecular formula is C31H38FN3O5S. The van der Waals surface area contributed by atoms with Gasteiger partial charge in [-0.2, -0.15) is 0 Å². The van der Waals surface area contributed by atoms with Crippen LogP contribution < -0.4 is 14.4 Å². The van der Waals surface area contributed by atoms with Gasteiger partial charge in [0.15, 0.2) is 0 Å². The van der Waals surface area contributed by atoms with Crippen molar-refractivity contribution in [3.63, 3.8) is 0 Å². The molecule has 0 aliphatic heterocycles. The molecule has 1 N–H and O–H groups in total. The van der Waals surface area contributed by atoms with Crippen LogP contribution in [-0.4, -0.2) is 50.4 Å². The normalized spacial score (nSPS) is 12.7. The Kier molecular flexibility index (Phi) is 11.3. The van der Waals surface area contributed by atoms with Crippen molar-refractivity contribution in [2.75, 3.05) is 17.5 Å². The van der Waals surface area contributed by atoms with Gasteiger partial charge in [-0.05, 0) is 80.8 Å². The molecule has 0 radical (unpaired) electrons. The molecule has 3 rings (SSSR count). The molecule has 0 fully saturated rings. The number of halogens is 1. The largest absolute Gasteiger partial charge is 0.494 e. The minimum atomic E-state index is -4.17. The molecule has 0 spiro atoms. The molecule has 2 atom stereocenters. The van der Waals surface area contributed by atoms with Crippen LogP contribution in [0.2, 0.25) is 0 Å². The summed E-state index contributed by atoms with van der Waals surface area (Å²) in [5.74, 6) is -0.779. The number of hydrogen-bond acceptors (Lipinski definition) is 5. The van der Waals surface area contributed by atoms with Crippen LogP contribution in [0.3, 0.4) is 0 Å². The predicted molar refractivity (Wildman–Crippen MR) is 158 cm³/mol. The summed E-state index contributed by atoms with van der Waals surface area (Å²) in [5, 5.41) is 2.93. The van der Waals surface area contributed by atoms with Crippen molar-refractivity contribution >= 4 is 27.5 Å². The van der Waals surface area contributed by atoms with Crippen LogP contribution in [0.25, 0.3) is 0 Å². The van der Waals surface area contributed by atoms with Gasteiger partial charge in [0, 0.05) is 12.6 Å². The zero-order valence-electron chi connectivity index (χ0n) is 23.9. The standard InChI is InChI=1S/C31H38FN3O5S/c1-5-23(4)33-31(37)29(6-2)34(21-24-13-15-25(32)16-14-24)30(36)22-35(26-17-19-27(20-18-26)40-7-3)41(38,39)28-11-9-8-10-12-28/h8-20,23,29H,5-7,21-22H2,1-4H3,(H,33,37)/t23-,29-/m1/s1. The molecule has 0 aliphatic rings. The van der Waals surface area contributed by atoms with Crippen LogP contribution >= 0.6 is 0 Å². The number of carbonyl (C=O) groups is 2. The summed E-state index contributed by atoms with van der Waals surface area (Å²) in [6.07, 6.45) is 0.999. The first-order valence-electron chi connectivity index (χ1n) is 13.8. The van der Waals surface area contributed by atoms with E-state index < -0.39 is 34.3 Å². The third-order valence-electron chi connectivity index (χ3n) is 6.70. The number of benzene rings is 3. The second kappa shape index (κ2) is 14.6. The number of anilines is 1. The Bertz CT molecular complexity index is 1380. The minimum absolute atomic E-state index is 0.00590. The molecule has 41 heavy (non-hydrogen) atoms. The summed E-state index contributed by atoms with van der Waals surface area (Å²) < 4.78 is 47.9. The van der Waals surface area contributed by atoms with Crippen molar-refractivity contribution in [1.29, 1.82) is 0 Å². The summed E-state index contributed by atoms with van der Waals surface area (Å²) in [5.41, 5.74) is 0.873. The Hall–Kier alpha value is -3.92. The number of rotatable bonds is 14. The summed E-state index contributed by atoms with van der Waals surface area (Å²) >= 11 is 0. The van der Waals surface area contributed by atoms with E-state index in [9.17, 15) is 22.4 Å². The van der Waals surface area contributed by atoms with Crippen molar-refractivity contribution < 1.29 is 27.1 Å². The van der Waals surface area contributed by atoms with Gasteiger partial charge in [-0.1, -0.05) is 44.2 Å². The van der Waals surface area contributed by atoms with Crippen molar-refractivity contribution in [1.82, 2.24) is 10.2 Å². The highest BCUT2D eigenvalue weighted by molar-refractivity contribution is 7.92. The monoisotopic (exact) mass is 583 g/mol. The lowest BCUT2D eigenvalue weighted by molar-refractivity contribution is -0.140. The number of nitrogens with one attached hydrogen (secondary N) is 1. The maximum atomic E-state index is 14.0. The first-order chi connectivity index (χ1) is 19.6. The van der Waals surface area contributed by atoms with E-state index in [1.54, 1.807) is 61.5 Å². The molecule has 0 bridgehead atoms. The van der Waals surface area contributed by atoms with Crippen molar-refractivity contribution in [2.24, 2.45) is 0 Å². The summed E-state index contributed by atoms with van der Waals surface area (Å²) in [7, 11) is -4.17. The fourth-order valence-corrected chi connectivity index (χ4v) is 5.71. The zero-order chi connectivity index (χ0) is 30.0. The maximum absolute atomic E-state index is 14.0. The van der Waals surface area contributed by atoms with Crippen LogP contribution in [0.1, 0.15) is 46.1 Å². The highest BCUT2D eigenvalue weighted by Crippen LogP contribution is 2.27. The molecule has 3 aromatic carbocycles. The number of carbonyl (C=O) groups excluding carboxylic acids is 2. The molecule has 0 saturated carbocycles. The number of nitrogens with zero attached hydrogens (tertiary/aromatic N) is 2. The average molecular weight is 584 g/mol. The molecule has 2 amide bonds. The zero-order valence-corrected chi connectivity index (χ0v) is 24.7. The second-order valence-electron chi connectivity index (χ2n) is 9.64. The molecule has 0 saturated heterocycles. The van der Waals surface area contributed by atoms with Gasteiger partial charge in [0.1, 0.15) is 24.2 Å². The third-order valence-corrected chi connectivity index (χ3v) is 8.49. The molecule has 0 aliphatic carbocycles. The lowest BCUT2D eigenvalue weighted by atomic mass is 10.1. The van der Waals surface area contributed by atoms with Crippen LogP contribution in [0.15, 0.2) is 83.8 Å². The Morgan fingerprint density at radius 3 is 2.10 bits per heavy atom. The molecule has 220 valence electrons. The molecule has 0 aromatic heterocycles. The van der Waals surface area contributed by atoms with Crippen LogP contribution in [-0.2, 0) is 26.2 Å². The maximum Gasteiger partial charge on any atom is 0.264 e. The second-order valence-corrected chi connectivity index (χ2v) is 11.5. The Morgan fingerprint density at radius 1 is 0.902 bits per heavy atom. The van der Waals surface area contributed by atoms with E-state index in [0.29, 0.717) is 30.8 Å². The number of ether oxygens (including phenoxy) is 1. The van der Waals surface area contributed by atoms with E-state index in [1.165, 1.54) is 29.2 Å². The molecular weight excluding hydrogens is 545 g/mol. The summed E-state index contributed by atoms with van der Waals surface area (Å²) in [6.45, 7) is 7.33. The van der Waals surface area contributed by atoms with Gasteiger partial charge >= 0.3 is 0 Å². The number of sulfonamides is 1. The van der Waals surface area contributed by atoms with Crippen LogP contribution in [0.5, 0.6) is 5.75 Å². The smallest absolute Gasteiger partial charge is 0.264 e. The van der Waals surface area contributed by atoms with Gasteiger partial charge in [-0.15, -0.1) is 0 Å². The van der Waals surface area contributed by atoms with Crippen molar-refractivity contribution in [2.45, 2.75) is 64.1 Å². The van der Waals surface area contributed by atoms with Crippen LogP contribution in [0, 0.1) is 5.82 Å². The molecule has 8 nitrogen and oxygen atoms in total. The molecule has 0 unspecified atom stereocenters. The number of amides is 2. The van der Waals surface area contributed by atoms with Gasteiger partial charge in [-0.25, -0.2) is 12.8 Å². The van der Waals surface area contributed by atoms with E-state index in [2.05, 4.69) is 5.32 Å². The van der Waals surface area contributed by atoms with Gasteiger partial charge in [0.05, 0.1) is 17.2 Å². The Balaban J connectivity index is 2.04. The van der Waals surface area contributed by atoms with E-state index in [-0.39, 0.29) is 29.1 Å². The van der Waals surface area contributed by atoms with Crippen LogP contribution in [0.4, 0.5) is 10.1 Å². The van der Waals surface area contributed by atoms with E-state index in [1.807, 2.05) is 20.8 Å². The minimum Gasteiger partial charge on any atom is -0.494 e. The lowest BCUT2D eigenvalue weighted by Gasteiger charge is -2.33. The quantitative estimate of drug-likeness (QED) is 0.284. The summed E-state index contributed by atoms with van der Waals surface area (Å²) in [6, 6.07) is 19.0. The SMILES string of the molecule is CCOc1ccc(N(CC(=O)N(Cc2ccc(F)cc2)[C@H](CC)C(=O)N[C@H](C)CC)S(=O)(=O)c2ccccc2)cc1. The highest BCUT2D eigenvalue weighted by atomic mass is 32.2. The molecule has 3 aromatic rings. The topological polar surface area (TPSA) is 96.0 Å². The highest BCUT2D eigenvalue weighted by Gasteiger charge is 2.34. The van der Waals surface area contributed by atoms with Crippen molar-refractivity contribution in [3.8, 4) is 5.75 Å². The fourth-order valence-electron chi connectivity index (χ4n) is 4.27. The first-order valence-corrected chi connectivity index (χ1v) is 15.2. The van der Waals surface area contributed by atoms with Crippen molar-refractivity contribution in [3.05, 3.63) is 90.2 Å². The first kappa shape index (κ1) is 31.6. The third kappa shape index (κ3) is 8.29. The lowest BCUT2D eigenvalue weighted by Crippen LogP contribution is -2.53. The van der Waals surface area contributed by atoms with Gasteiger partial charge in [0.25, 0.3) is 10.0 Å². The Morgan fingerprint density at radius 2 is 1.54 bits per heavy atom. The average Bonchev–Trinajstić information content (AvgIpc) is 2.97. The summed E-state index contributed by atoms with van der Waals surface area (Å²) in [4.78, 5) is 28.7. The van der Waals surface area contributed by atoms with Gasteiger partial charge in [0.2, 0.25) is 11.8 Å². The molecule has 10 heteroatoms. The number of hydrogen-bond donors (Lipinski definition) is 1. The van der Waals surface area contributed by atoms with Gasteiger partial charge in [-0.3, -0.25) is 13.9 Å². The molecule has 0 heterocycles. The van der Waals surface area contributed by atoms with E-state index in [0.717, 1.165) is 4.31 Å². The van der Waals surface area contributed by atoms with Gasteiger partial charge < -0.3 is 15.0 Å².